The topological polar surface area (TPSA) is 70.6 Å². The molecule has 1 atom stereocenters. The molecule has 3 rings (SSSR count). The van der Waals surface area contributed by atoms with Crippen LogP contribution in [0.3, 0.4) is 0 Å². The fourth-order valence-electron chi connectivity index (χ4n) is 3.13. The monoisotopic (exact) mass is 369 g/mol. The molecule has 1 aromatic heterocycles. The fraction of sp³-hybridized carbons (Fsp3) is 0.450. The number of ether oxygens (including phenoxy) is 1. The number of nitrogens with zero attached hydrogens (tertiary/aromatic N) is 4. The van der Waals surface area contributed by atoms with Gasteiger partial charge in [-0.2, -0.15) is 4.98 Å². The van der Waals surface area contributed by atoms with E-state index in [1.54, 1.807) is 4.90 Å². The van der Waals surface area contributed by atoms with E-state index in [0.717, 1.165) is 24.6 Å². The minimum atomic E-state index is -0.241. The van der Waals surface area contributed by atoms with Gasteiger partial charge in [0.05, 0.1) is 12.6 Å². The number of rotatable bonds is 5. The number of carbonyl (C=O) groups excluding carboxylic acids is 1. The first kappa shape index (κ1) is 18.9. The molecule has 7 nitrogen and oxygen atoms in total. The average Bonchev–Trinajstić information content (AvgIpc) is 2.68. The van der Waals surface area contributed by atoms with Crippen LogP contribution >= 0.6 is 0 Å². The van der Waals surface area contributed by atoms with Gasteiger partial charge in [-0.1, -0.05) is 30.3 Å². The van der Waals surface area contributed by atoms with E-state index in [1.165, 1.54) is 5.56 Å². The van der Waals surface area contributed by atoms with Crippen molar-refractivity contribution >= 4 is 17.9 Å². The highest BCUT2D eigenvalue weighted by atomic mass is 16.6. The van der Waals surface area contributed by atoms with Gasteiger partial charge in [0.2, 0.25) is 5.95 Å². The first-order valence-electron chi connectivity index (χ1n) is 9.40. The molecule has 1 aliphatic rings. The zero-order chi connectivity index (χ0) is 19.2. The predicted molar refractivity (Wildman–Crippen MR) is 106 cm³/mol. The Hall–Kier alpha value is -2.83. The minimum Gasteiger partial charge on any atom is -0.450 e. The summed E-state index contributed by atoms with van der Waals surface area (Å²) in [5.74, 6) is 1.50. The number of carbonyl (C=O) groups is 1. The van der Waals surface area contributed by atoms with E-state index in [1.807, 2.05) is 38.1 Å². The van der Waals surface area contributed by atoms with Crippen LogP contribution in [0.4, 0.5) is 16.6 Å². The molecule has 1 unspecified atom stereocenters. The van der Waals surface area contributed by atoms with Gasteiger partial charge >= 0.3 is 6.09 Å². The molecule has 0 radical (unpaired) electrons. The molecule has 27 heavy (non-hydrogen) atoms. The molecule has 0 saturated carbocycles. The lowest BCUT2D eigenvalue weighted by Crippen LogP contribution is -2.49. The van der Waals surface area contributed by atoms with Crippen LogP contribution in [-0.4, -0.2) is 53.7 Å². The molecule has 0 bridgehead atoms. The van der Waals surface area contributed by atoms with Gasteiger partial charge in [0.25, 0.3) is 0 Å². The minimum absolute atomic E-state index is 0.113. The normalized spacial score (nSPS) is 15.4. The third-order valence-corrected chi connectivity index (χ3v) is 4.62. The van der Waals surface area contributed by atoms with E-state index < -0.39 is 0 Å². The van der Waals surface area contributed by atoms with Crippen LogP contribution in [0.2, 0.25) is 0 Å². The lowest BCUT2D eigenvalue weighted by atomic mass is 10.1. The van der Waals surface area contributed by atoms with Crippen molar-refractivity contribution in [2.24, 2.45) is 0 Å². The summed E-state index contributed by atoms with van der Waals surface area (Å²) in [5, 5.41) is 3.39. The van der Waals surface area contributed by atoms with Crippen molar-refractivity contribution in [2.75, 3.05) is 43.0 Å². The average molecular weight is 369 g/mol. The van der Waals surface area contributed by atoms with Crippen molar-refractivity contribution in [3.05, 3.63) is 47.7 Å². The first-order valence-corrected chi connectivity index (χ1v) is 9.40. The van der Waals surface area contributed by atoms with Gasteiger partial charge in [-0.3, -0.25) is 0 Å². The fourth-order valence-corrected chi connectivity index (χ4v) is 3.13. The second-order valence-electron chi connectivity index (χ2n) is 6.64. The van der Waals surface area contributed by atoms with Crippen molar-refractivity contribution in [2.45, 2.75) is 26.8 Å². The zero-order valence-electron chi connectivity index (χ0n) is 16.2. The molecular weight excluding hydrogens is 342 g/mol. The summed E-state index contributed by atoms with van der Waals surface area (Å²) in [7, 11) is 0. The van der Waals surface area contributed by atoms with Crippen LogP contribution in [0.1, 0.15) is 31.1 Å². The molecule has 1 fully saturated rings. The Balaban J connectivity index is 1.66. The Morgan fingerprint density at radius 2 is 1.89 bits per heavy atom. The number of amides is 1. The molecule has 2 heterocycles. The van der Waals surface area contributed by atoms with E-state index in [-0.39, 0.29) is 12.1 Å². The van der Waals surface area contributed by atoms with Crippen LogP contribution in [0.25, 0.3) is 0 Å². The van der Waals surface area contributed by atoms with Gasteiger partial charge in [0.1, 0.15) is 5.82 Å². The highest BCUT2D eigenvalue weighted by molar-refractivity contribution is 5.68. The molecule has 2 aromatic rings. The number of benzene rings is 1. The third-order valence-electron chi connectivity index (χ3n) is 4.62. The Kier molecular flexibility index (Phi) is 6.11. The van der Waals surface area contributed by atoms with Crippen LogP contribution in [0.5, 0.6) is 0 Å². The number of aromatic nitrogens is 2. The largest absolute Gasteiger partial charge is 0.450 e. The standard InChI is InChI=1S/C20H27N5O2/c1-4-27-20(26)25-12-10-24(11-13-25)18-14-15(2)21-19(23-18)22-16(3)17-8-6-5-7-9-17/h5-9,14,16H,4,10-13H2,1-3H3,(H,21,22,23). The maximum Gasteiger partial charge on any atom is 0.409 e. The van der Waals surface area contributed by atoms with E-state index in [2.05, 4.69) is 34.3 Å². The molecular formula is C20H27N5O2. The molecule has 1 aromatic carbocycles. The van der Waals surface area contributed by atoms with Gasteiger partial charge in [0, 0.05) is 37.9 Å². The Labute approximate surface area is 160 Å². The van der Waals surface area contributed by atoms with Gasteiger partial charge < -0.3 is 19.9 Å². The number of piperazine rings is 1. The van der Waals surface area contributed by atoms with Crippen molar-refractivity contribution in [1.29, 1.82) is 0 Å². The number of anilines is 2. The lowest BCUT2D eigenvalue weighted by molar-refractivity contribution is 0.105. The summed E-state index contributed by atoms with van der Waals surface area (Å²) in [5.41, 5.74) is 2.10. The highest BCUT2D eigenvalue weighted by Crippen LogP contribution is 2.21. The second-order valence-corrected chi connectivity index (χ2v) is 6.64. The molecule has 0 spiro atoms. The van der Waals surface area contributed by atoms with Gasteiger partial charge in [0.15, 0.2) is 0 Å². The van der Waals surface area contributed by atoms with Gasteiger partial charge in [-0.05, 0) is 26.3 Å². The van der Waals surface area contributed by atoms with Crippen molar-refractivity contribution in [3.63, 3.8) is 0 Å². The van der Waals surface area contributed by atoms with Gasteiger partial charge in [-0.15, -0.1) is 0 Å². The summed E-state index contributed by atoms with van der Waals surface area (Å²) >= 11 is 0. The Bertz CT molecular complexity index is 760. The van der Waals surface area contributed by atoms with Crippen LogP contribution in [-0.2, 0) is 4.74 Å². The zero-order valence-corrected chi connectivity index (χ0v) is 16.2. The van der Waals surface area contributed by atoms with Crippen molar-refractivity contribution < 1.29 is 9.53 Å². The molecule has 0 aliphatic carbocycles. The molecule has 1 saturated heterocycles. The van der Waals surface area contributed by atoms with Crippen molar-refractivity contribution in [1.82, 2.24) is 14.9 Å². The third kappa shape index (κ3) is 4.87. The first-order chi connectivity index (χ1) is 13.1. The van der Waals surface area contributed by atoms with Crippen molar-refractivity contribution in [3.8, 4) is 0 Å². The van der Waals surface area contributed by atoms with E-state index in [0.29, 0.717) is 25.6 Å². The lowest BCUT2D eigenvalue weighted by Gasteiger charge is -2.34. The molecule has 7 heteroatoms. The molecule has 144 valence electrons. The molecule has 1 N–H and O–H groups in total. The number of nitrogens with one attached hydrogen (secondary N) is 1. The van der Waals surface area contributed by atoms with Gasteiger partial charge in [-0.25, -0.2) is 9.78 Å². The number of aryl methyl sites for hydroxylation is 1. The number of hydrogen-bond donors (Lipinski definition) is 1. The summed E-state index contributed by atoms with van der Waals surface area (Å²) < 4.78 is 5.08. The second kappa shape index (κ2) is 8.70. The van der Waals surface area contributed by atoms with Crippen LogP contribution < -0.4 is 10.2 Å². The van der Waals surface area contributed by atoms with Crippen LogP contribution in [0, 0.1) is 6.92 Å². The Morgan fingerprint density at radius 3 is 2.56 bits per heavy atom. The maximum atomic E-state index is 11.9. The SMILES string of the molecule is CCOC(=O)N1CCN(c2cc(C)nc(NC(C)c3ccccc3)n2)CC1. The quantitative estimate of drug-likeness (QED) is 0.872. The molecule has 1 aliphatic heterocycles. The molecule has 1 amide bonds. The summed E-state index contributed by atoms with van der Waals surface area (Å²) in [4.78, 5) is 25.0. The summed E-state index contributed by atoms with van der Waals surface area (Å²) in [6.45, 7) is 9.00. The smallest absolute Gasteiger partial charge is 0.409 e. The summed E-state index contributed by atoms with van der Waals surface area (Å²) in [6.07, 6.45) is -0.241. The van der Waals surface area contributed by atoms with E-state index in [9.17, 15) is 4.79 Å². The number of hydrogen-bond acceptors (Lipinski definition) is 6. The summed E-state index contributed by atoms with van der Waals surface area (Å²) in [6, 6.07) is 12.3. The van der Waals surface area contributed by atoms with Crippen LogP contribution in [0.15, 0.2) is 36.4 Å². The Morgan fingerprint density at radius 1 is 1.19 bits per heavy atom. The van der Waals surface area contributed by atoms with E-state index >= 15 is 0 Å². The maximum absolute atomic E-state index is 11.9. The highest BCUT2D eigenvalue weighted by Gasteiger charge is 2.23. The predicted octanol–water partition coefficient (Wildman–Crippen LogP) is 3.24. The van der Waals surface area contributed by atoms with E-state index in [4.69, 9.17) is 9.72 Å².